The lowest BCUT2D eigenvalue weighted by molar-refractivity contribution is -0.124. The number of carbonyl (C=O) groups is 1. The highest BCUT2D eigenvalue weighted by atomic mass is 16.1. The number of aromatic amines is 1. The molecule has 4 rings (SSSR count). The van der Waals surface area contributed by atoms with E-state index in [1.807, 2.05) is 30.3 Å². The van der Waals surface area contributed by atoms with Gasteiger partial charge in [0.1, 0.15) is 5.82 Å². The summed E-state index contributed by atoms with van der Waals surface area (Å²) in [7, 11) is 0. The highest BCUT2D eigenvalue weighted by molar-refractivity contribution is 5.84. The SMILES string of the molecule is O=C(NCc1nc(-c2ccncc2)n[nH]1)C(c1ccccc1)C1CCCCC1. The van der Waals surface area contributed by atoms with Crippen molar-refractivity contribution in [2.24, 2.45) is 5.92 Å². The zero-order valence-corrected chi connectivity index (χ0v) is 15.8. The molecule has 2 aromatic heterocycles. The Balaban J connectivity index is 1.45. The van der Waals surface area contributed by atoms with Gasteiger partial charge in [-0.3, -0.25) is 14.9 Å². The summed E-state index contributed by atoms with van der Waals surface area (Å²) in [6.45, 7) is 0.340. The maximum absolute atomic E-state index is 13.1. The predicted molar refractivity (Wildman–Crippen MR) is 107 cm³/mol. The topological polar surface area (TPSA) is 83.6 Å². The fraction of sp³-hybridized carbons (Fsp3) is 0.364. The van der Waals surface area contributed by atoms with Gasteiger partial charge >= 0.3 is 0 Å². The van der Waals surface area contributed by atoms with Gasteiger partial charge < -0.3 is 5.32 Å². The molecule has 28 heavy (non-hydrogen) atoms. The summed E-state index contributed by atoms with van der Waals surface area (Å²) >= 11 is 0. The monoisotopic (exact) mass is 375 g/mol. The van der Waals surface area contributed by atoms with E-state index >= 15 is 0 Å². The number of aromatic nitrogens is 4. The van der Waals surface area contributed by atoms with Gasteiger partial charge in [0.05, 0.1) is 12.5 Å². The van der Waals surface area contributed by atoms with Crippen molar-refractivity contribution in [1.82, 2.24) is 25.5 Å². The van der Waals surface area contributed by atoms with E-state index in [1.54, 1.807) is 12.4 Å². The Labute approximate surface area is 164 Å². The molecular weight excluding hydrogens is 350 g/mol. The van der Waals surface area contributed by atoms with Gasteiger partial charge in [-0.25, -0.2) is 4.98 Å². The van der Waals surface area contributed by atoms with Gasteiger partial charge in [0.25, 0.3) is 0 Å². The zero-order valence-electron chi connectivity index (χ0n) is 15.8. The molecule has 2 N–H and O–H groups in total. The number of carbonyl (C=O) groups excluding carboxylic acids is 1. The van der Waals surface area contributed by atoms with Crippen molar-refractivity contribution in [2.75, 3.05) is 0 Å². The van der Waals surface area contributed by atoms with Gasteiger partial charge in [0.2, 0.25) is 5.91 Å². The van der Waals surface area contributed by atoms with Crippen LogP contribution >= 0.6 is 0 Å². The average molecular weight is 375 g/mol. The number of H-pyrrole nitrogens is 1. The second-order valence-corrected chi connectivity index (χ2v) is 7.35. The molecule has 1 aliphatic carbocycles. The first-order valence-corrected chi connectivity index (χ1v) is 9.95. The fourth-order valence-corrected chi connectivity index (χ4v) is 4.05. The summed E-state index contributed by atoms with van der Waals surface area (Å²) in [5.74, 6) is 1.62. The molecule has 1 fully saturated rings. The van der Waals surface area contributed by atoms with Crippen LogP contribution in [-0.2, 0) is 11.3 Å². The third kappa shape index (κ3) is 4.27. The Morgan fingerprint density at radius 2 is 1.82 bits per heavy atom. The first-order valence-electron chi connectivity index (χ1n) is 9.95. The predicted octanol–water partition coefficient (Wildman–Crippen LogP) is 3.85. The number of amides is 1. The van der Waals surface area contributed by atoms with Crippen molar-refractivity contribution >= 4 is 5.91 Å². The Kier molecular flexibility index (Phi) is 5.75. The first kappa shape index (κ1) is 18.3. The molecule has 0 spiro atoms. The van der Waals surface area contributed by atoms with E-state index in [1.165, 1.54) is 19.3 Å². The summed E-state index contributed by atoms with van der Waals surface area (Å²) in [6, 6.07) is 13.9. The third-order valence-electron chi connectivity index (χ3n) is 5.46. The minimum atomic E-state index is -0.107. The molecule has 1 unspecified atom stereocenters. The van der Waals surface area contributed by atoms with Crippen molar-refractivity contribution < 1.29 is 4.79 Å². The Morgan fingerprint density at radius 1 is 1.07 bits per heavy atom. The van der Waals surface area contributed by atoms with E-state index in [9.17, 15) is 4.79 Å². The molecule has 0 aliphatic heterocycles. The second kappa shape index (κ2) is 8.78. The normalized spacial score (nSPS) is 15.9. The molecule has 3 aromatic rings. The molecule has 6 heteroatoms. The number of hydrogen-bond acceptors (Lipinski definition) is 4. The quantitative estimate of drug-likeness (QED) is 0.685. The van der Waals surface area contributed by atoms with Crippen LogP contribution in [0.2, 0.25) is 0 Å². The number of pyridine rings is 1. The average Bonchev–Trinajstić information content (AvgIpc) is 3.24. The van der Waals surface area contributed by atoms with Crippen LogP contribution in [0.15, 0.2) is 54.9 Å². The molecule has 2 heterocycles. The largest absolute Gasteiger partial charge is 0.348 e. The lowest BCUT2D eigenvalue weighted by Crippen LogP contribution is -2.34. The smallest absolute Gasteiger partial charge is 0.228 e. The van der Waals surface area contributed by atoms with Crippen molar-refractivity contribution in [3.8, 4) is 11.4 Å². The van der Waals surface area contributed by atoms with Gasteiger partial charge in [-0.15, -0.1) is 0 Å². The molecule has 1 atom stereocenters. The number of rotatable bonds is 6. The van der Waals surface area contributed by atoms with Crippen molar-refractivity contribution in [1.29, 1.82) is 0 Å². The second-order valence-electron chi connectivity index (χ2n) is 7.35. The van der Waals surface area contributed by atoms with E-state index in [2.05, 4.69) is 37.6 Å². The molecule has 1 saturated carbocycles. The fourth-order valence-electron chi connectivity index (χ4n) is 4.05. The van der Waals surface area contributed by atoms with E-state index in [4.69, 9.17) is 0 Å². The summed E-state index contributed by atoms with van der Waals surface area (Å²) in [6.07, 6.45) is 9.33. The van der Waals surface area contributed by atoms with Gasteiger partial charge in [0, 0.05) is 18.0 Å². The number of hydrogen-bond donors (Lipinski definition) is 2. The number of benzene rings is 1. The van der Waals surface area contributed by atoms with Crippen molar-refractivity contribution in [3.05, 3.63) is 66.2 Å². The maximum Gasteiger partial charge on any atom is 0.228 e. The number of nitrogens with one attached hydrogen (secondary N) is 2. The van der Waals surface area contributed by atoms with Crippen LogP contribution in [0.25, 0.3) is 11.4 Å². The van der Waals surface area contributed by atoms with Crippen LogP contribution in [0.1, 0.15) is 49.4 Å². The van der Waals surface area contributed by atoms with Crippen LogP contribution < -0.4 is 5.32 Å². The summed E-state index contributed by atoms with van der Waals surface area (Å²) in [4.78, 5) is 21.6. The highest BCUT2D eigenvalue weighted by Gasteiger charge is 2.30. The lowest BCUT2D eigenvalue weighted by atomic mass is 9.76. The van der Waals surface area contributed by atoms with Gasteiger partial charge in [-0.1, -0.05) is 49.6 Å². The first-order chi connectivity index (χ1) is 13.8. The van der Waals surface area contributed by atoms with Gasteiger partial charge in [0.15, 0.2) is 5.82 Å². The lowest BCUT2D eigenvalue weighted by Gasteiger charge is -2.29. The molecule has 1 amide bonds. The van der Waals surface area contributed by atoms with Gasteiger partial charge in [-0.05, 0) is 36.5 Å². The van der Waals surface area contributed by atoms with E-state index in [0.717, 1.165) is 24.0 Å². The zero-order chi connectivity index (χ0) is 19.2. The number of nitrogens with zero attached hydrogens (tertiary/aromatic N) is 3. The standard InChI is InChI=1S/C22H25N5O/c28-22(20(16-7-3-1-4-8-16)17-9-5-2-6-10-17)24-15-19-25-21(27-26-19)18-11-13-23-14-12-18/h1,3-4,7-8,11-14,17,20H,2,5-6,9-10,15H2,(H,24,28)(H,25,26,27). The molecule has 1 aromatic carbocycles. The Hall–Kier alpha value is -3.02. The van der Waals surface area contributed by atoms with E-state index in [-0.39, 0.29) is 11.8 Å². The molecule has 1 aliphatic rings. The Morgan fingerprint density at radius 3 is 2.57 bits per heavy atom. The van der Waals surface area contributed by atoms with Crippen molar-refractivity contribution in [2.45, 2.75) is 44.6 Å². The minimum Gasteiger partial charge on any atom is -0.348 e. The van der Waals surface area contributed by atoms with Crippen LogP contribution in [-0.4, -0.2) is 26.1 Å². The molecule has 0 bridgehead atoms. The van der Waals surface area contributed by atoms with Gasteiger partial charge in [-0.2, -0.15) is 5.10 Å². The minimum absolute atomic E-state index is 0.0694. The van der Waals surface area contributed by atoms with E-state index in [0.29, 0.717) is 24.1 Å². The van der Waals surface area contributed by atoms with Crippen LogP contribution in [0.4, 0.5) is 0 Å². The van der Waals surface area contributed by atoms with Crippen LogP contribution in [0, 0.1) is 5.92 Å². The molecule has 144 valence electrons. The van der Waals surface area contributed by atoms with Crippen LogP contribution in [0.3, 0.4) is 0 Å². The molecule has 0 radical (unpaired) electrons. The third-order valence-corrected chi connectivity index (χ3v) is 5.46. The Bertz CT molecular complexity index is 888. The summed E-state index contributed by atoms with van der Waals surface area (Å²) in [5.41, 5.74) is 2.00. The molecular formula is C22H25N5O. The van der Waals surface area contributed by atoms with Crippen molar-refractivity contribution in [3.63, 3.8) is 0 Å². The maximum atomic E-state index is 13.1. The summed E-state index contributed by atoms with van der Waals surface area (Å²) in [5, 5.41) is 10.2. The molecule has 0 saturated heterocycles. The van der Waals surface area contributed by atoms with E-state index < -0.39 is 0 Å². The van der Waals surface area contributed by atoms with Crippen LogP contribution in [0.5, 0.6) is 0 Å². The summed E-state index contributed by atoms with van der Waals surface area (Å²) < 4.78 is 0. The highest BCUT2D eigenvalue weighted by Crippen LogP contribution is 2.36. The molecule has 6 nitrogen and oxygen atoms in total.